The molecule has 7 nitrogen and oxygen atoms in total. The molecule has 1 amide bonds. The Hall–Kier alpha value is -2.05. The Labute approximate surface area is 154 Å². The minimum atomic E-state index is -0.409. The third-order valence-corrected chi connectivity index (χ3v) is 6.04. The van der Waals surface area contributed by atoms with E-state index in [1.807, 2.05) is 4.90 Å². The minimum absolute atomic E-state index is 0.238. The predicted octanol–water partition coefficient (Wildman–Crippen LogP) is 1.80. The normalized spacial score (nSPS) is 26.8. The maximum Gasteiger partial charge on any atom is 0.409 e. The highest BCUT2D eigenvalue weighted by atomic mass is 16.6. The standard InChI is InChI=1S/C19H29N3O4/c1-4-26-19(25)22-10-8-21(9-11-22)16-15(17(23)18(16)24)20-14-7-5-6-12(2)13(14)3/h12-14,20H,4-11H2,1-3H3/t12-,13-,14-/m1/s1. The number of anilines is 2. The quantitative estimate of drug-likeness (QED) is 0.822. The summed E-state index contributed by atoms with van der Waals surface area (Å²) in [5.41, 5.74) is 0.168. The first-order valence-electron chi connectivity index (χ1n) is 9.70. The number of carbonyl (C=O) groups excluding carboxylic acids is 1. The van der Waals surface area contributed by atoms with Crippen LogP contribution in [0.2, 0.25) is 0 Å². The molecule has 3 atom stereocenters. The fraction of sp³-hybridized carbons (Fsp3) is 0.737. The lowest BCUT2D eigenvalue weighted by molar-refractivity contribution is 0.105. The van der Waals surface area contributed by atoms with E-state index in [0.29, 0.717) is 56.0 Å². The molecular weight excluding hydrogens is 334 g/mol. The van der Waals surface area contributed by atoms with Crippen LogP contribution in [-0.2, 0) is 4.74 Å². The van der Waals surface area contributed by atoms with Crippen molar-refractivity contribution in [1.82, 2.24) is 4.90 Å². The Morgan fingerprint density at radius 2 is 1.81 bits per heavy atom. The largest absolute Gasteiger partial charge is 0.450 e. The molecule has 1 aliphatic heterocycles. The number of rotatable bonds is 4. The lowest BCUT2D eigenvalue weighted by atomic mass is 9.78. The third kappa shape index (κ3) is 3.44. The lowest BCUT2D eigenvalue weighted by Crippen LogP contribution is -2.53. The van der Waals surface area contributed by atoms with Crippen molar-refractivity contribution in [3.63, 3.8) is 0 Å². The molecule has 144 valence electrons. The molecule has 1 saturated carbocycles. The molecule has 1 aliphatic carbocycles. The number of nitrogens with zero attached hydrogens (tertiary/aromatic N) is 2. The van der Waals surface area contributed by atoms with Gasteiger partial charge >= 0.3 is 6.09 Å². The van der Waals surface area contributed by atoms with Crippen LogP contribution in [0.4, 0.5) is 16.2 Å². The van der Waals surface area contributed by atoms with Crippen molar-refractivity contribution in [2.75, 3.05) is 43.0 Å². The summed E-state index contributed by atoms with van der Waals surface area (Å²) in [6.07, 6.45) is 3.07. The molecule has 7 heteroatoms. The summed E-state index contributed by atoms with van der Waals surface area (Å²) in [6, 6.07) is 0.238. The average molecular weight is 363 g/mol. The second-order valence-corrected chi connectivity index (χ2v) is 7.57. The lowest BCUT2D eigenvalue weighted by Gasteiger charge is -2.39. The molecule has 0 radical (unpaired) electrons. The summed E-state index contributed by atoms with van der Waals surface area (Å²) in [4.78, 5) is 39.7. The van der Waals surface area contributed by atoms with Crippen molar-refractivity contribution < 1.29 is 9.53 Å². The van der Waals surface area contributed by atoms with Crippen molar-refractivity contribution in [1.29, 1.82) is 0 Å². The number of ether oxygens (including phenoxy) is 1. The summed E-state index contributed by atoms with van der Waals surface area (Å²) in [7, 11) is 0. The number of hydrogen-bond donors (Lipinski definition) is 1. The maximum absolute atomic E-state index is 12.2. The Morgan fingerprint density at radius 3 is 2.46 bits per heavy atom. The monoisotopic (exact) mass is 363 g/mol. The van der Waals surface area contributed by atoms with Crippen molar-refractivity contribution in [3.8, 4) is 0 Å². The van der Waals surface area contributed by atoms with Gasteiger partial charge in [-0.3, -0.25) is 9.59 Å². The highest BCUT2D eigenvalue weighted by molar-refractivity contribution is 5.76. The minimum Gasteiger partial charge on any atom is -0.450 e. The van der Waals surface area contributed by atoms with E-state index >= 15 is 0 Å². The fourth-order valence-electron chi connectivity index (χ4n) is 4.11. The molecule has 1 aromatic rings. The molecule has 0 aromatic heterocycles. The highest BCUT2D eigenvalue weighted by Crippen LogP contribution is 2.33. The van der Waals surface area contributed by atoms with Crippen LogP contribution in [0.15, 0.2) is 9.59 Å². The van der Waals surface area contributed by atoms with E-state index in [0.717, 1.165) is 12.8 Å². The molecule has 0 unspecified atom stereocenters. The van der Waals surface area contributed by atoms with Crippen LogP contribution in [-0.4, -0.2) is 49.8 Å². The zero-order chi connectivity index (χ0) is 18.8. The Kier molecular flexibility index (Phi) is 5.53. The van der Waals surface area contributed by atoms with Gasteiger partial charge in [0.2, 0.25) is 0 Å². The molecule has 2 fully saturated rings. The molecule has 1 saturated heterocycles. The molecule has 1 N–H and O–H groups in total. The van der Waals surface area contributed by atoms with Crippen LogP contribution < -0.4 is 21.1 Å². The van der Waals surface area contributed by atoms with Crippen LogP contribution in [0.3, 0.4) is 0 Å². The second-order valence-electron chi connectivity index (χ2n) is 7.57. The van der Waals surface area contributed by atoms with Crippen molar-refractivity contribution in [2.24, 2.45) is 11.8 Å². The van der Waals surface area contributed by atoms with Gasteiger partial charge in [0, 0.05) is 32.2 Å². The number of hydrogen-bond acceptors (Lipinski definition) is 6. The van der Waals surface area contributed by atoms with Crippen molar-refractivity contribution in [2.45, 2.75) is 46.1 Å². The third-order valence-electron chi connectivity index (χ3n) is 6.04. The van der Waals surface area contributed by atoms with E-state index in [1.165, 1.54) is 6.42 Å². The van der Waals surface area contributed by atoms with Gasteiger partial charge in [0.1, 0.15) is 11.4 Å². The fourth-order valence-corrected chi connectivity index (χ4v) is 4.11. The van der Waals surface area contributed by atoms with Crippen molar-refractivity contribution in [3.05, 3.63) is 20.4 Å². The smallest absolute Gasteiger partial charge is 0.409 e. The van der Waals surface area contributed by atoms with E-state index in [9.17, 15) is 14.4 Å². The first-order chi connectivity index (χ1) is 12.4. The van der Waals surface area contributed by atoms with Crippen LogP contribution in [0.25, 0.3) is 0 Å². The zero-order valence-electron chi connectivity index (χ0n) is 15.9. The summed E-state index contributed by atoms with van der Waals surface area (Å²) in [6.45, 7) is 8.65. The average Bonchev–Trinajstić information content (AvgIpc) is 2.65. The van der Waals surface area contributed by atoms with Gasteiger partial charge < -0.3 is 19.9 Å². The molecular formula is C19H29N3O4. The Balaban J connectivity index is 1.67. The number of nitrogens with one attached hydrogen (secondary N) is 1. The SMILES string of the molecule is CCOC(=O)N1CCN(c2c(N[C@@H]3CCC[C@@H](C)[C@H]3C)c(=O)c2=O)CC1. The van der Waals surface area contributed by atoms with E-state index in [1.54, 1.807) is 11.8 Å². The Bertz CT molecular complexity index is 717. The maximum atomic E-state index is 12.2. The molecule has 3 rings (SSSR count). The summed E-state index contributed by atoms with van der Waals surface area (Å²) >= 11 is 0. The van der Waals surface area contributed by atoms with E-state index in [4.69, 9.17) is 4.74 Å². The second kappa shape index (κ2) is 7.68. The van der Waals surface area contributed by atoms with Gasteiger partial charge in [-0.05, 0) is 25.2 Å². The topological polar surface area (TPSA) is 79.0 Å². The summed E-state index contributed by atoms with van der Waals surface area (Å²) < 4.78 is 5.02. The first-order valence-corrected chi connectivity index (χ1v) is 9.70. The summed E-state index contributed by atoms with van der Waals surface area (Å²) in [5.74, 6) is 1.09. The van der Waals surface area contributed by atoms with E-state index < -0.39 is 10.9 Å². The van der Waals surface area contributed by atoms with Gasteiger partial charge in [-0.15, -0.1) is 0 Å². The number of amides is 1. The number of carbonyl (C=O) groups is 1. The van der Waals surface area contributed by atoms with Gasteiger partial charge in [-0.1, -0.05) is 26.7 Å². The number of piperazine rings is 1. The van der Waals surface area contributed by atoms with Crippen LogP contribution >= 0.6 is 0 Å². The molecule has 1 aromatic carbocycles. The molecule has 0 spiro atoms. The van der Waals surface area contributed by atoms with Gasteiger partial charge in [0.15, 0.2) is 0 Å². The van der Waals surface area contributed by atoms with Crippen molar-refractivity contribution >= 4 is 17.5 Å². The summed E-state index contributed by atoms with van der Waals surface area (Å²) in [5, 5.41) is 3.38. The Morgan fingerprint density at radius 1 is 1.12 bits per heavy atom. The highest BCUT2D eigenvalue weighted by Gasteiger charge is 2.33. The van der Waals surface area contributed by atoms with Gasteiger partial charge in [-0.25, -0.2) is 4.79 Å². The predicted molar refractivity (Wildman–Crippen MR) is 102 cm³/mol. The van der Waals surface area contributed by atoms with E-state index in [-0.39, 0.29) is 12.1 Å². The van der Waals surface area contributed by atoms with E-state index in [2.05, 4.69) is 19.2 Å². The van der Waals surface area contributed by atoms with Crippen LogP contribution in [0.1, 0.15) is 40.0 Å². The molecule has 0 bridgehead atoms. The zero-order valence-corrected chi connectivity index (χ0v) is 15.9. The van der Waals surface area contributed by atoms with Crippen LogP contribution in [0, 0.1) is 11.8 Å². The van der Waals surface area contributed by atoms with Gasteiger partial charge in [0.05, 0.1) is 6.61 Å². The molecule has 1 heterocycles. The molecule has 26 heavy (non-hydrogen) atoms. The van der Waals surface area contributed by atoms with Crippen LogP contribution in [0.5, 0.6) is 0 Å². The first kappa shape index (κ1) is 18.7. The van der Waals surface area contributed by atoms with Gasteiger partial charge in [-0.2, -0.15) is 0 Å². The van der Waals surface area contributed by atoms with Gasteiger partial charge in [0.25, 0.3) is 10.9 Å². The molecule has 2 aliphatic rings.